The molecular weight excluding hydrogens is 348 g/mol. The molecule has 0 aliphatic heterocycles. The molecule has 1 nitrogen and oxygen atoms in total. The zero-order valence-corrected chi connectivity index (χ0v) is 11.6. The molecule has 24 heavy (non-hydrogen) atoms. The van der Waals surface area contributed by atoms with Gasteiger partial charge in [0.05, 0.1) is 5.56 Å². The number of alkyl halides is 8. The lowest BCUT2D eigenvalue weighted by molar-refractivity contribution is -0.274. The third kappa shape index (κ3) is 4.36. The Labute approximate surface area is 130 Å². The number of hydrogen-bond donors (Lipinski definition) is 0. The van der Waals surface area contributed by atoms with E-state index in [9.17, 15) is 35.1 Å². The van der Waals surface area contributed by atoms with Gasteiger partial charge in [0, 0.05) is 5.56 Å². The standard InChI is InChI=1S/C15H8F8O/c16-13(17)9-3-6-11(12(7-9)14(18,19)20)8-1-4-10(5-2-8)24-15(21,22)23/h1-7,13H. The van der Waals surface area contributed by atoms with Crippen molar-refractivity contribution in [3.8, 4) is 16.9 Å². The number of hydrogen-bond acceptors (Lipinski definition) is 1. The lowest BCUT2D eigenvalue weighted by atomic mass is 9.97. The molecule has 0 aliphatic carbocycles. The molecule has 0 aliphatic rings. The number of halogens is 8. The maximum atomic E-state index is 13.1. The van der Waals surface area contributed by atoms with E-state index < -0.39 is 41.4 Å². The van der Waals surface area contributed by atoms with Crippen molar-refractivity contribution >= 4 is 0 Å². The van der Waals surface area contributed by atoms with Gasteiger partial charge in [0.25, 0.3) is 6.43 Å². The van der Waals surface area contributed by atoms with Gasteiger partial charge >= 0.3 is 12.5 Å². The van der Waals surface area contributed by atoms with Gasteiger partial charge in [0.1, 0.15) is 5.75 Å². The van der Waals surface area contributed by atoms with E-state index in [1.165, 1.54) is 0 Å². The quantitative estimate of drug-likeness (QED) is 0.594. The molecule has 0 atom stereocenters. The Bertz CT molecular complexity index is 701. The number of rotatable bonds is 3. The summed E-state index contributed by atoms with van der Waals surface area (Å²) in [5.41, 5.74) is -2.61. The predicted molar refractivity (Wildman–Crippen MR) is 68.5 cm³/mol. The lowest BCUT2D eigenvalue weighted by Crippen LogP contribution is -2.17. The normalized spacial score (nSPS) is 12.5. The van der Waals surface area contributed by atoms with Gasteiger partial charge in [-0.05, 0) is 29.3 Å². The monoisotopic (exact) mass is 356 g/mol. The predicted octanol–water partition coefficient (Wildman–Crippen LogP) is 6.21. The first-order valence-corrected chi connectivity index (χ1v) is 6.33. The first-order valence-electron chi connectivity index (χ1n) is 6.33. The molecule has 2 rings (SSSR count). The van der Waals surface area contributed by atoms with Crippen molar-refractivity contribution in [1.82, 2.24) is 0 Å². The summed E-state index contributed by atoms with van der Waals surface area (Å²) in [6.45, 7) is 0. The highest BCUT2D eigenvalue weighted by Gasteiger charge is 2.35. The zero-order chi connectivity index (χ0) is 18.1. The van der Waals surface area contributed by atoms with Crippen LogP contribution in [0.2, 0.25) is 0 Å². The molecule has 130 valence electrons. The highest BCUT2D eigenvalue weighted by Crippen LogP contribution is 2.39. The Morgan fingerprint density at radius 2 is 1.38 bits per heavy atom. The van der Waals surface area contributed by atoms with Crippen LogP contribution < -0.4 is 4.74 Å². The first kappa shape index (κ1) is 18.0. The SMILES string of the molecule is FC(F)c1ccc(-c2ccc(OC(F)(F)F)cc2)c(C(F)(F)F)c1. The van der Waals surface area contributed by atoms with Crippen molar-refractivity contribution in [3.05, 3.63) is 53.6 Å². The molecule has 0 saturated heterocycles. The molecule has 0 fully saturated rings. The second kappa shape index (κ2) is 6.29. The van der Waals surface area contributed by atoms with E-state index in [0.717, 1.165) is 36.4 Å². The summed E-state index contributed by atoms with van der Waals surface area (Å²) in [6, 6.07) is 5.63. The maximum Gasteiger partial charge on any atom is 0.573 e. The van der Waals surface area contributed by atoms with Crippen LogP contribution in [-0.4, -0.2) is 6.36 Å². The van der Waals surface area contributed by atoms with Crippen molar-refractivity contribution < 1.29 is 39.9 Å². The van der Waals surface area contributed by atoms with E-state index in [0.29, 0.717) is 6.07 Å². The van der Waals surface area contributed by atoms with Crippen molar-refractivity contribution in [3.63, 3.8) is 0 Å². The molecule has 2 aromatic carbocycles. The van der Waals surface area contributed by atoms with Crippen LogP contribution in [0.15, 0.2) is 42.5 Å². The van der Waals surface area contributed by atoms with Crippen LogP contribution in [0.25, 0.3) is 11.1 Å². The summed E-state index contributed by atoms with van der Waals surface area (Å²) < 4.78 is 104. The highest BCUT2D eigenvalue weighted by atomic mass is 19.4. The molecule has 0 unspecified atom stereocenters. The fourth-order valence-electron chi connectivity index (χ4n) is 2.02. The van der Waals surface area contributed by atoms with Crippen molar-refractivity contribution in [2.24, 2.45) is 0 Å². The molecule has 0 saturated carbocycles. The Balaban J connectivity index is 2.44. The molecule has 0 aromatic heterocycles. The van der Waals surface area contributed by atoms with Gasteiger partial charge < -0.3 is 4.74 Å². The van der Waals surface area contributed by atoms with Crippen LogP contribution in [0.3, 0.4) is 0 Å². The van der Waals surface area contributed by atoms with Crippen LogP contribution in [-0.2, 0) is 6.18 Å². The lowest BCUT2D eigenvalue weighted by Gasteiger charge is -2.15. The summed E-state index contributed by atoms with van der Waals surface area (Å²) in [5, 5.41) is 0. The Hall–Kier alpha value is -2.32. The van der Waals surface area contributed by atoms with E-state index in [1.807, 2.05) is 0 Å². The average molecular weight is 356 g/mol. The van der Waals surface area contributed by atoms with Gasteiger partial charge in [0.15, 0.2) is 0 Å². The van der Waals surface area contributed by atoms with E-state index in [2.05, 4.69) is 4.74 Å². The third-order valence-electron chi connectivity index (χ3n) is 3.00. The van der Waals surface area contributed by atoms with Gasteiger partial charge in [-0.2, -0.15) is 13.2 Å². The summed E-state index contributed by atoms with van der Waals surface area (Å²) in [7, 11) is 0. The topological polar surface area (TPSA) is 9.23 Å². The molecule has 2 aromatic rings. The fraction of sp³-hybridized carbons (Fsp3) is 0.200. The molecule has 0 N–H and O–H groups in total. The summed E-state index contributed by atoms with van der Waals surface area (Å²) in [6.07, 6.45) is -12.9. The molecular formula is C15H8F8O. The summed E-state index contributed by atoms with van der Waals surface area (Å²) in [4.78, 5) is 0. The van der Waals surface area contributed by atoms with Crippen LogP contribution in [0.4, 0.5) is 35.1 Å². The smallest absolute Gasteiger partial charge is 0.406 e. The van der Waals surface area contributed by atoms with Crippen molar-refractivity contribution in [2.75, 3.05) is 0 Å². The molecule has 0 spiro atoms. The number of benzene rings is 2. The third-order valence-corrected chi connectivity index (χ3v) is 3.00. The summed E-state index contributed by atoms with van der Waals surface area (Å²) in [5.74, 6) is -0.607. The van der Waals surface area contributed by atoms with Crippen LogP contribution in [0.5, 0.6) is 5.75 Å². The van der Waals surface area contributed by atoms with Crippen LogP contribution in [0, 0.1) is 0 Å². The largest absolute Gasteiger partial charge is 0.573 e. The number of ether oxygens (including phenoxy) is 1. The van der Waals surface area contributed by atoms with Crippen molar-refractivity contribution in [1.29, 1.82) is 0 Å². The minimum Gasteiger partial charge on any atom is -0.406 e. The van der Waals surface area contributed by atoms with Gasteiger partial charge in [-0.25, -0.2) is 8.78 Å². The molecule has 9 heteroatoms. The van der Waals surface area contributed by atoms with E-state index in [1.54, 1.807) is 0 Å². The van der Waals surface area contributed by atoms with E-state index in [4.69, 9.17) is 0 Å². The second-order valence-corrected chi connectivity index (χ2v) is 4.68. The average Bonchev–Trinajstić information content (AvgIpc) is 2.45. The van der Waals surface area contributed by atoms with Crippen LogP contribution >= 0.6 is 0 Å². The zero-order valence-electron chi connectivity index (χ0n) is 11.6. The highest BCUT2D eigenvalue weighted by molar-refractivity contribution is 5.69. The minimum absolute atomic E-state index is 0.0855. The Morgan fingerprint density at radius 1 is 0.792 bits per heavy atom. The summed E-state index contributed by atoms with van der Waals surface area (Å²) >= 11 is 0. The molecule has 0 heterocycles. The van der Waals surface area contributed by atoms with Gasteiger partial charge in [0.2, 0.25) is 0 Å². The van der Waals surface area contributed by atoms with Gasteiger partial charge in [-0.3, -0.25) is 0 Å². The van der Waals surface area contributed by atoms with E-state index in [-0.39, 0.29) is 5.56 Å². The van der Waals surface area contributed by atoms with Gasteiger partial charge in [-0.1, -0.05) is 24.3 Å². The Kier molecular flexibility index (Phi) is 4.73. The molecule has 0 amide bonds. The van der Waals surface area contributed by atoms with Gasteiger partial charge in [-0.15, -0.1) is 13.2 Å². The second-order valence-electron chi connectivity index (χ2n) is 4.68. The fourth-order valence-corrected chi connectivity index (χ4v) is 2.02. The van der Waals surface area contributed by atoms with Crippen LogP contribution in [0.1, 0.15) is 17.6 Å². The maximum absolute atomic E-state index is 13.1. The minimum atomic E-state index is -4.93. The molecule has 0 bridgehead atoms. The first-order chi connectivity index (χ1) is 11.0. The Morgan fingerprint density at radius 3 is 1.83 bits per heavy atom. The van der Waals surface area contributed by atoms with Crippen molar-refractivity contribution in [2.45, 2.75) is 19.0 Å². The molecule has 0 radical (unpaired) electrons. The van der Waals surface area contributed by atoms with E-state index >= 15 is 0 Å².